The molecule has 0 aliphatic heterocycles. The zero-order valence-electron chi connectivity index (χ0n) is 24.5. The third-order valence-corrected chi connectivity index (χ3v) is 9.63. The quantitative estimate of drug-likeness (QED) is 0.237. The summed E-state index contributed by atoms with van der Waals surface area (Å²) in [6.45, 7) is 4.09. The molecule has 0 heterocycles. The van der Waals surface area contributed by atoms with Crippen LogP contribution in [0.5, 0.6) is 5.75 Å². The van der Waals surface area contributed by atoms with E-state index in [1.165, 1.54) is 63.5 Å². The van der Waals surface area contributed by atoms with Crippen molar-refractivity contribution in [1.29, 1.82) is 0 Å². The molecule has 0 aromatic heterocycles. The first-order chi connectivity index (χ1) is 20.0. The van der Waals surface area contributed by atoms with Crippen LogP contribution in [0, 0.1) is 35.2 Å². The standard InChI is InChI=1S/C37H43F3O/c1-3-5-6-7-25-8-10-26(11-9-25)27-12-14-28(15-13-27)31-20-21-32(34(38)24-31)29-16-18-30(19-17-29)33-22-23-35(41-4-2)37(40)36(33)39/h3,5,16-28H,4,6-15H2,1-2H3/b5-3+. The number of hydrogen-bond donors (Lipinski definition) is 0. The van der Waals surface area contributed by atoms with Crippen LogP contribution in [0.15, 0.2) is 66.7 Å². The van der Waals surface area contributed by atoms with Gasteiger partial charge in [0.05, 0.1) is 6.61 Å². The maximum absolute atomic E-state index is 15.3. The number of benzene rings is 3. The summed E-state index contributed by atoms with van der Waals surface area (Å²) in [7, 11) is 0. The fourth-order valence-corrected chi connectivity index (χ4v) is 7.24. The van der Waals surface area contributed by atoms with Crippen LogP contribution in [0.2, 0.25) is 0 Å². The Kier molecular flexibility index (Phi) is 9.90. The molecule has 41 heavy (non-hydrogen) atoms. The van der Waals surface area contributed by atoms with Crippen molar-refractivity contribution in [2.45, 2.75) is 84.0 Å². The van der Waals surface area contributed by atoms with E-state index in [0.29, 0.717) is 17.0 Å². The van der Waals surface area contributed by atoms with Gasteiger partial charge in [-0.3, -0.25) is 0 Å². The van der Waals surface area contributed by atoms with Crippen molar-refractivity contribution in [1.82, 2.24) is 0 Å². The Morgan fingerprint density at radius 1 is 0.732 bits per heavy atom. The molecule has 5 rings (SSSR count). The SMILES string of the molecule is C/C=C/CCC1CCC(C2CCC(c3ccc(-c4ccc(-c5ccc(OCC)c(F)c5F)cc4)c(F)c3)CC2)CC1. The van der Waals surface area contributed by atoms with Crippen LogP contribution in [0.25, 0.3) is 22.3 Å². The molecule has 3 aromatic carbocycles. The van der Waals surface area contributed by atoms with Crippen LogP contribution in [0.1, 0.15) is 89.5 Å². The molecule has 0 saturated heterocycles. The largest absolute Gasteiger partial charge is 0.491 e. The third-order valence-electron chi connectivity index (χ3n) is 9.63. The summed E-state index contributed by atoms with van der Waals surface area (Å²) in [6, 6.07) is 15.6. The first-order valence-corrected chi connectivity index (χ1v) is 15.6. The molecular weight excluding hydrogens is 517 g/mol. The van der Waals surface area contributed by atoms with Gasteiger partial charge in [0.1, 0.15) is 5.82 Å². The Morgan fingerprint density at radius 3 is 1.95 bits per heavy atom. The molecule has 2 fully saturated rings. The summed E-state index contributed by atoms with van der Waals surface area (Å²) < 4.78 is 49.5. The summed E-state index contributed by atoms with van der Waals surface area (Å²) in [5, 5.41) is 0. The molecule has 0 N–H and O–H groups in total. The van der Waals surface area contributed by atoms with E-state index < -0.39 is 11.6 Å². The highest BCUT2D eigenvalue weighted by molar-refractivity contribution is 5.71. The molecule has 0 amide bonds. The minimum absolute atomic E-state index is 0.0978. The maximum Gasteiger partial charge on any atom is 0.201 e. The van der Waals surface area contributed by atoms with Crippen molar-refractivity contribution >= 4 is 0 Å². The molecule has 0 spiro atoms. The molecule has 3 aromatic rings. The van der Waals surface area contributed by atoms with Gasteiger partial charge in [-0.15, -0.1) is 0 Å². The van der Waals surface area contributed by atoms with Gasteiger partial charge in [0.25, 0.3) is 0 Å². The Hall–Kier alpha value is -3.01. The van der Waals surface area contributed by atoms with E-state index in [4.69, 9.17) is 4.74 Å². The first kappa shape index (κ1) is 29.5. The normalized spacial score (nSPS) is 23.1. The predicted octanol–water partition coefficient (Wildman–Crippen LogP) is 11.3. The fourth-order valence-electron chi connectivity index (χ4n) is 7.24. The summed E-state index contributed by atoms with van der Waals surface area (Å²) in [4.78, 5) is 0. The van der Waals surface area contributed by atoms with Crippen molar-refractivity contribution in [2.24, 2.45) is 17.8 Å². The van der Waals surface area contributed by atoms with E-state index in [1.807, 2.05) is 6.07 Å². The van der Waals surface area contributed by atoms with E-state index >= 15 is 4.39 Å². The van der Waals surface area contributed by atoms with Crippen LogP contribution in [-0.4, -0.2) is 6.61 Å². The Labute approximate surface area is 243 Å². The lowest BCUT2D eigenvalue weighted by molar-refractivity contribution is 0.157. The molecule has 0 atom stereocenters. The zero-order valence-corrected chi connectivity index (χ0v) is 24.5. The first-order valence-electron chi connectivity index (χ1n) is 15.6. The average Bonchev–Trinajstić information content (AvgIpc) is 3.00. The molecule has 1 nitrogen and oxygen atoms in total. The van der Waals surface area contributed by atoms with Crippen LogP contribution in [0.3, 0.4) is 0 Å². The van der Waals surface area contributed by atoms with Crippen molar-refractivity contribution < 1.29 is 17.9 Å². The zero-order chi connectivity index (χ0) is 28.8. The summed E-state index contributed by atoms with van der Waals surface area (Å²) in [5.41, 5.74) is 3.03. The van der Waals surface area contributed by atoms with E-state index in [2.05, 4.69) is 25.1 Å². The van der Waals surface area contributed by atoms with Crippen molar-refractivity contribution in [3.63, 3.8) is 0 Å². The van der Waals surface area contributed by atoms with Gasteiger partial charge >= 0.3 is 0 Å². The molecule has 0 bridgehead atoms. The van der Waals surface area contributed by atoms with E-state index in [1.54, 1.807) is 37.3 Å². The van der Waals surface area contributed by atoms with Gasteiger partial charge in [-0.1, -0.05) is 61.4 Å². The highest BCUT2D eigenvalue weighted by atomic mass is 19.2. The van der Waals surface area contributed by atoms with Crippen molar-refractivity contribution in [2.75, 3.05) is 6.61 Å². The van der Waals surface area contributed by atoms with Gasteiger partial charge in [-0.25, -0.2) is 8.78 Å². The number of hydrogen-bond acceptors (Lipinski definition) is 1. The van der Waals surface area contributed by atoms with E-state index in [9.17, 15) is 8.78 Å². The topological polar surface area (TPSA) is 9.23 Å². The number of rotatable bonds is 9. The molecule has 0 unspecified atom stereocenters. The van der Waals surface area contributed by atoms with E-state index in [0.717, 1.165) is 41.7 Å². The number of halogens is 3. The lowest BCUT2D eigenvalue weighted by atomic mass is 9.68. The van der Waals surface area contributed by atoms with Gasteiger partial charge in [0.2, 0.25) is 5.82 Å². The molecule has 218 valence electrons. The third kappa shape index (κ3) is 6.90. The second-order valence-corrected chi connectivity index (χ2v) is 12.0. The average molecular weight is 561 g/mol. The van der Waals surface area contributed by atoms with Gasteiger partial charge < -0.3 is 4.74 Å². The van der Waals surface area contributed by atoms with Gasteiger partial charge in [0, 0.05) is 11.1 Å². The molecule has 2 aliphatic rings. The number of ether oxygens (including phenoxy) is 1. The lowest BCUT2D eigenvalue weighted by Crippen LogP contribution is -2.25. The van der Waals surface area contributed by atoms with Gasteiger partial charge in [0.15, 0.2) is 11.6 Å². The van der Waals surface area contributed by atoms with E-state index in [-0.39, 0.29) is 23.7 Å². The van der Waals surface area contributed by atoms with Crippen LogP contribution in [0.4, 0.5) is 13.2 Å². The number of allylic oxidation sites excluding steroid dienone is 2. The lowest BCUT2D eigenvalue weighted by Gasteiger charge is -2.38. The Bertz CT molecular complexity index is 1310. The molecule has 0 radical (unpaired) electrons. The molecule has 4 heteroatoms. The molecular formula is C37H43F3O. The smallest absolute Gasteiger partial charge is 0.201 e. The van der Waals surface area contributed by atoms with Crippen molar-refractivity contribution in [3.05, 3.63) is 89.8 Å². The second kappa shape index (κ2) is 13.8. The summed E-state index contributed by atoms with van der Waals surface area (Å²) in [5.74, 6) is 0.780. The van der Waals surface area contributed by atoms with Crippen LogP contribution >= 0.6 is 0 Å². The molecule has 2 saturated carbocycles. The van der Waals surface area contributed by atoms with Gasteiger partial charge in [-0.2, -0.15) is 4.39 Å². The minimum atomic E-state index is -0.993. The van der Waals surface area contributed by atoms with Crippen LogP contribution < -0.4 is 4.74 Å². The predicted molar refractivity (Wildman–Crippen MR) is 163 cm³/mol. The van der Waals surface area contributed by atoms with Crippen LogP contribution in [-0.2, 0) is 0 Å². The molecule has 2 aliphatic carbocycles. The minimum Gasteiger partial charge on any atom is -0.491 e. The fraction of sp³-hybridized carbons (Fsp3) is 0.459. The summed E-state index contributed by atoms with van der Waals surface area (Å²) >= 11 is 0. The maximum atomic E-state index is 15.3. The highest BCUT2D eigenvalue weighted by Crippen LogP contribution is 2.45. The summed E-state index contributed by atoms with van der Waals surface area (Å²) in [6.07, 6.45) is 17.4. The monoisotopic (exact) mass is 560 g/mol. The van der Waals surface area contributed by atoms with Gasteiger partial charge in [-0.05, 0) is 124 Å². The highest BCUT2D eigenvalue weighted by Gasteiger charge is 2.31. The van der Waals surface area contributed by atoms with Crippen molar-refractivity contribution in [3.8, 4) is 28.0 Å². The Balaban J connectivity index is 1.18. The Morgan fingerprint density at radius 2 is 1.34 bits per heavy atom. The second-order valence-electron chi connectivity index (χ2n) is 12.0.